The maximum Gasteiger partial charge on any atom is 0.242 e. The van der Waals surface area contributed by atoms with E-state index in [2.05, 4.69) is 29.6 Å². The van der Waals surface area contributed by atoms with Gasteiger partial charge in [-0.25, -0.2) is 0 Å². The number of hydrogen-bond acceptors (Lipinski definition) is 3. The number of amides is 2. The summed E-state index contributed by atoms with van der Waals surface area (Å²) in [5, 5.41) is 3.88. The number of nitrogens with one attached hydrogen (secondary N) is 1. The van der Waals surface area contributed by atoms with E-state index >= 15 is 0 Å². The van der Waals surface area contributed by atoms with E-state index < -0.39 is 6.04 Å². The number of carbonyl (C=O) groups is 2. The molecule has 4 nitrogen and oxygen atoms in total. The molecule has 0 aromatic heterocycles. The van der Waals surface area contributed by atoms with E-state index in [-0.39, 0.29) is 24.1 Å². The van der Waals surface area contributed by atoms with Gasteiger partial charge in [0.2, 0.25) is 11.8 Å². The Morgan fingerprint density at radius 1 is 1.13 bits per heavy atom. The summed E-state index contributed by atoms with van der Waals surface area (Å²) in [5.41, 5.74) is 3.13. The van der Waals surface area contributed by atoms with Crippen LogP contribution in [0.1, 0.15) is 37.0 Å². The highest BCUT2D eigenvalue weighted by atomic mass is 35.5. The lowest BCUT2D eigenvalue weighted by Gasteiger charge is -2.29. The Labute approximate surface area is 193 Å². The third-order valence-corrected chi connectivity index (χ3v) is 6.26. The molecule has 1 atom stereocenters. The summed E-state index contributed by atoms with van der Waals surface area (Å²) >= 11 is 13.8. The van der Waals surface area contributed by atoms with Crippen LogP contribution in [-0.4, -0.2) is 35.1 Å². The number of hydrogen-bond donors (Lipinski definition) is 1. The summed E-state index contributed by atoms with van der Waals surface area (Å²) in [4.78, 5) is 27.2. The minimum absolute atomic E-state index is 0.0997. The van der Waals surface area contributed by atoms with E-state index in [9.17, 15) is 9.59 Å². The van der Waals surface area contributed by atoms with Crippen molar-refractivity contribution in [3.8, 4) is 0 Å². The molecule has 2 aromatic carbocycles. The number of nitrogens with zero attached hydrogens (tertiary/aromatic N) is 1. The van der Waals surface area contributed by atoms with Gasteiger partial charge in [0.05, 0.1) is 5.75 Å². The fourth-order valence-corrected chi connectivity index (χ4v) is 4.17. The lowest BCUT2D eigenvalue weighted by atomic mass is 10.1. The summed E-state index contributed by atoms with van der Waals surface area (Å²) in [7, 11) is 0. The maximum absolute atomic E-state index is 13.0. The molecule has 0 spiro atoms. The summed E-state index contributed by atoms with van der Waals surface area (Å²) in [5.74, 6) is 0.749. The molecular weight excluding hydrogens is 439 g/mol. The van der Waals surface area contributed by atoms with Crippen molar-refractivity contribution in [3.63, 3.8) is 0 Å². The van der Waals surface area contributed by atoms with E-state index in [4.69, 9.17) is 23.2 Å². The third-order valence-electron chi connectivity index (χ3n) is 4.69. The highest BCUT2D eigenvalue weighted by Gasteiger charge is 2.26. The minimum atomic E-state index is -0.601. The largest absolute Gasteiger partial charge is 0.354 e. The molecule has 0 saturated heterocycles. The van der Waals surface area contributed by atoms with Crippen LogP contribution in [0.4, 0.5) is 0 Å². The van der Waals surface area contributed by atoms with Gasteiger partial charge in [-0.1, -0.05) is 66.0 Å². The average Bonchev–Trinajstić information content (AvgIpc) is 2.72. The number of carbonyl (C=O) groups excluding carboxylic acids is 2. The molecule has 162 valence electrons. The molecule has 0 radical (unpaired) electrons. The zero-order valence-corrected chi connectivity index (χ0v) is 19.9. The van der Waals surface area contributed by atoms with Gasteiger partial charge in [-0.15, -0.1) is 11.8 Å². The SMILES string of the molecule is CCCNC(=O)[C@@H](C)N(Cc1ccc(Cl)cc1Cl)C(=O)CSCc1ccc(C)cc1. The van der Waals surface area contributed by atoms with Crippen molar-refractivity contribution in [2.75, 3.05) is 12.3 Å². The Kier molecular flexibility index (Phi) is 10.0. The highest BCUT2D eigenvalue weighted by Crippen LogP contribution is 2.24. The van der Waals surface area contributed by atoms with Crippen LogP contribution in [0.2, 0.25) is 10.0 Å². The average molecular weight is 467 g/mol. The molecule has 0 aliphatic rings. The van der Waals surface area contributed by atoms with Crippen LogP contribution in [-0.2, 0) is 21.9 Å². The van der Waals surface area contributed by atoms with E-state index in [1.54, 1.807) is 30.0 Å². The second kappa shape index (κ2) is 12.2. The van der Waals surface area contributed by atoms with Gasteiger partial charge < -0.3 is 10.2 Å². The van der Waals surface area contributed by atoms with E-state index in [1.807, 2.05) is 13.8 Å². The standard InChI is InChI=1S/C23H28Cl2N2O2S/c1-4-11-26-23(29)17(3)27(13-19-9-10-20(24)12-21(19)25)22(28)15-30-14-18-7-5-16(2)6-8-18/h5-10,12,17H,4,11,13-15H2,1-3H3,(H,26,29)/t17-/m1/s1. The molecular formula is C23H28Cl2N2O2S. The molecule has 30 heavy (non-hydrogen) atoms. The van der Waals surface area contributed by atoms with E-state index in [0.717, 1.165) is 17.7 Å². The van der Waals surface area contributed by atoms with Gasteiger partial charge in [0.25, 0.3) is 0 Å². The van der Waals surface area contributed by atoms with Crippen molar-refractivity contribution in [2.24, 2.45) is 0 Å². The number of halogens is 2. The molecule has 0 heterocycles. The molecule has 0 saturated carbocycles. The second-order valence-electron chi connectivity index (χ2n) is 7.20. The van der Waals surface area contributed by atoms with Crippen LogP contribution in [0.15, 0.2) is 42.5 Å². The molecule has 0 fully saturated rings. The van der Waals surface area contributed by atoms with Crippen LogP contribution in [0.3, 0.4) is 0 Å². The lowest BCUT2D eigenvalue weighted by Crippen LogP contribution is -2.48. The van der Waals surface area contributed by atoms with Crippen molar-refractivity contribution in [3.05, 3.63) is 69.2 Å². The number of aryl methyl sites for hydroxylation is 1. The second-order valence-corrected chi connectivity index (χ2v) is 9.03. The first-order valence-corrected chi connectivity index (χ1v) is 11.9. The fourth-order valence-electron chi connectivity index (χ4n) is 2.84. The highest BCUT2D eigenvalue weighted by molar-refractivity contribution is 7.99. The molecule has 2 amide bonds. The molecule has 2 aromatic rings. The predicted octanol–water partition coefficient (Wildman–Crippen LogP) is 5.48. The van der Waals surface area contributed by atoms with Crippen LogP contribution in [0, 0.1) is 6.92 Å². The topological polar surface area (TPSA) is 49.4 Å². The Balaban J connectivity index is 2.09. The first-order chi connectivity index (χ1) is 14.3. The van der Waals surface area contributed by atoms with Crippen molar-refractivity contribution in [2.45, 2.75) is 45.5 Å². The predicted molar refractivity (Wildman–Crippen MR) is 127 cm³/mol. The lowest BCUT2D eigenvalue weighted by molar-refractivity contribution is -0.138. The van der Waals surface area contributed by atoms with Gasteiger partial charge in [0, 0.05) is 28.9 Å². The molecule has 0 aliphatic carbocycles. The van der Waals surface area contributed by atoms with Gasteiger partial charge in [0.1, 0.15) is 6.04 Å². The molecule has 0 aliphatic heterocycles. The van der Waals surface area contributed by atoms with Gasteiger partial charge in [-0.05, 0) is 43.5 Å². The molecule has 2 rings (SSSR count). The Hall–Kier alpha value is -1.69. The van der Waals surface area contributed by atoms with Crippen molar-refractivity contribution >= 4 is 46.8 Å². The summed E-state index contributed by atoms with van der Waals surface area (Å²) in [6.07, 6.45) is 0.835. The van der Waals surface area contributed by atoms with Crippen molar-refractivity contribution < 1.29 is 9.59 Å². The van der Waals surface area contributed by atoms with Crippen LogP contribution >= 0.6 is 35.0 Å². The summed E-state index contributed by atoms with van der Waals surface area (Å²) < 4.78 is 0. The van der Waals surface area contributed by atoms with Crippen molar-refractivity contribution in [1.82, 2.24) is 10.2 Å². The zero-order valence-electron chi connectivity index (χ0n) is 17.6. The first kappa shape index (κ1) is 24.6. The minimum Gasteiger partial charge on any atom is -0.354 e. The maximum atomic E-state index is 13.0. The Morgan fingerprint density at radius 3 is 2.47 bits per heavy atom. The molecule has 7 heteroatoms. The Morgan fingerprint density at radius 2 is 1.83 bits per heavy atom. The number of thioether (sulfide) groups is 1. The van der Waals surface area contributed by atoms with Gasteiger partial charge >= 0.3 is 0 Å². The van der Waals surface area contributed by atoms with Crippen LogP contribution < -0.4 is 5.32 Å². The van der Waals surface area contributed by atoms with Gasteiger partial charge in [-0.3, -0.25) is 9.59 Å². The van der Waals surface area contributed by atoms with Crippen LogP contribution in [0.25, 0.3) is 0 Å². The Bertz CT molecular complexity index is 859. The quantitative estimate of drug-likeness (QED) is 0.504. The first-order valence-electron chi connectivity index (χ1n) is 9.96. The smallest absolute Gasteiger partial charge is 0.242 e. The number of benzene rings is 2. The monoisotopic (exact) mass is 466 g/mol. The summed E-state index contributed by atoms with van der Waals surface area (Å²) in [6.45, 7) is 6.61. The van der Waals surface area contributed by atoms with Crippen LogP contribution in [0.5, 0.6) is 0 Å². The van der Waals surface area contributed by atoms with Crippen molar-refractivity contribution in [1.29, 1.82) is 0 Å². The normalized spacial score (nSPS) is 11.8. The summed E-state index contributed by atoms with van der Waals surface area (Å²) in [6, 6.07) is 12.8. The third kappa shape index (κ3) is 7.53. The molecule has 0 unspecified atom stereocenters. The van der Waals surface area contributed by atoms with E-state index in [0.29, 0.717) is 16.6 Å². The van der Waals surface area contributed by atoms with Gasteiger partial charge in [-0.2, -0.15) is 0 Å². The number of rotatable bonds is 10. The van der Waals surface area contributed by atoms with E-state index in [1.165, 1.54) is 22.9 Å². The van der Waals surface area contributed by atoms with Gasteiger partial charge in [0.15, 0.2) is 0 Å². The molecule has 0 bridgehead atoms. The fraction of sp³-hybridized carbons (Fsp3) is 0.391. The molecule has 1 N–H and O–H groups in total. The zero-order chi connectivity index (χ0) is 22.1.